The average Bonchev–Trinajstić information content (AvgIpc) is 3.48. The second-order valence-corrected chi connectivity index (χ2v) is 14.2. The van der Waals surface area contributed by atoms with Crippen LogP contribution in [0, 0.1) is 0 Å². The third kappa shape index (κ3) is 6.38. The van der Waals surface area contributed by atoms with Crippen LogP contribution >= 0.6 is 93.8 Å². The summed E-state index contributed by atoms with van der Waals surface area (Å²) in [4.78, 5) is 22.3. The number of anilines is 2. The lowest BCUT2D eigenvalue weighted by atomic mass is 10.2. The number of thioether (sulfide) groups is 6. The molecule has 0 aliphatic carbocycles. The summed E-state index contributed by atoms with van der Waals surface area (Å²) in [7, 11) is 0. The first-order chi connectivity index (χ1) is 16.1. The minimum Gasteiger partial charge on any atom is -0.397 e. The zero-order chi connectivity index (χ0) is 23.2. The molecule has 172 valence electrons. The van der Waals surface area contributed by atoms with Crippen LogP contribution in [0.25, 0.3) is 11.4 Å². The third-order valence-electron chi connectivity index (χ3n) is 4.07. The van der Waals surface area contributed by atoms with Gasteiger partial charge in [-0.25, -0.2) is 0 Å². The van der Waals surface area contributed by atoms with E-state index in [9.17, 15) is 4.79 Å². The Labute approximate surface area is 227 Å². The molecule has 13 heteroatoms. The summed E-state index contributed by atoms with van der Waals surface area (Å²) in [6.45, 7) is 0. The molecule has 0 fully saturated rings. The first-order valence-corrected chi connectivity index (χ1v) is 15.7. The molecule has 0 saturated heterocycles. The standard InChI is InChI=1S/C19H14N4OS6.CH2Cl2/c20-10-3-1-5-21-13(10)14-11(4-2-6-22-14)23-15(24)12-9-27-18(28-12)19-29-16-17(30-19)26-8-7-25-16;2-1-3/h1-6,9H,7-8,20H2,(H,23,24);1H2. The maximum atomic E-state index is 12.9. The van der Waals surface area contributed by atoms with Crippen molar-refractivity contribution in [1.82, 2.24) is 9.97 Å². The number of nitrogens with two attached hydrogens (primary N) is 1. The first-order valence-electron chi connectivity index (χ1n) is 9.34. The molecule has 0 spiro atoms. The predicted molar refractivity (Wildman–Crippen MR) is 154 cm³/mol. The van der Waals surface area contributed by atoms with Crippen molar-refractivity contribution < 1.29 is 4.79 Å². The summed E-state index contributed by atoms with van der Waals surface area (Å²) >= 11 is 20.2. The monoisotopic (exact) mass is 590 g/mol. The maximum absolute atomic E-state index is 12.9. The van der Waals surface area contributed by atoms with E-state index in [0.29, 0.717) is 27.7 Å². The molecule has 0 radical (unpaired) electrons. The molecule has 0 atom stereocenters. The fourth-order valence-electron chi connectivity index (χ4n) is 2.74. The van der Waals surface area contributed by atoms with Gasteiger partial charge in [0.2, 0.25) is 0 Å². The Morgan fingerprint density at radius 1 is 0.939 bits per heavy atom. The third-order valence-corrected chi connectivity index (χ3v) is 12.8. The van der Waals surface area contributed by atoms with E-state index >= 15 is 0 Å². The van der Waals surface area contributed by atoms with Gasteiger partial charge in [-0.3, -0.25) is 14.8 Å². The highest BCUT2D eigenvalue weighted by molar-refractivity contribution is 8.43. The zero-order valence-corrected chi connectivity index (χ0v) is 23.2. The SMILES string of the molecule is ClCCl.Nc1cccnc1-c1ncccc1NC(=O)C1=CSC(=C2SC3=C(SCCS3)S2)S1. The molecule has 3 aliphatic rings. The van der Waals surface area contributed by atoms with Gasteiger partial charge in [0.25, 0.3) is 5.91 Å². The number of nitrogen functional groups attached to an aromatic ring is 1. The molecule has 33 heavy (non-hydrogen) atoms. The van der Waals surface area contributed by atoms with Crippen molar-refractivity contribution in [3.63, 3.8) is 0 Å². The van der Waals surface area contributed by atoms with Crippen LogP contribution in [0.5, 0.6) is 0 Å². The van der Waals surface area contributed by atoms with Gasteiger partial charge >= 0.3 is 0 Å². The Kier molecular flexibility index (Phi) is 9.63. The van der Waals surface area contributed by atoms with Gasteiger partial charge in [-0.05, 0) is 29.7 Å². The Bertz CT molecular complexity index is 1140. The number of nitrogens with one attached hydrogen (secondary N) is 1. The topological polar surface area (TPSA) is 80.9 Å². The second kappa shape index (κ2) is 12.4. The van der Waals surface area contributed by atoms with E-state index in [-0.39, 0.29) is 11.2 Å². The van der Waals surface area contributed by atoms with E-state index in [1.807, 2.05) is 58.5 Å². The summed E-state index contributed by atoms with van der Waals surface area (Å²) < 4.78 is 5.27. The van der Waals surface area contributed by atoms with Crippen LogP contribution in [0.3, 0.4) is 0 Å². The molecule has 3 N–H and O–H groups in total. The lowest BCUT2D eigenvalue weighted by Crippen LogP contribution is -2.13. The summed E-state index contributed by atoms with van der Waals surface area (Å²) in [6.07, 6.45) is 3.33. The van der Waals surface area contributed by atoms with Crippen molar-refractivity contribution in [2.75, 3.05) is 27.9 Å². The van der Waals surface area contributed by atoms with E-state index in [1.165, 1.54) is 40.2 Å². The van der Waals surface area contributed by atoms with E-state index < -0.39 is 0 Å². The lowest BCUT2D eigenvalue weighted by molar-refractivity contribution is -0.112. The first kappa shape index (κ1) is 25.6. The summed E-state index contributed by atoms with van der Waals surface area (Å²) in [5.74, 6) is 2.18. The molecule has 2 aromatic heterocycles. The normalized spacial score (nSPS) is 17.3. The van der Waals surface area contributed by atoms with Gasteiger partial charge in [0.15, 0.2) is 0 Å². The Balaban J connectivity index is 0.000000821. The van der Waals surface area contributed by atoms with Crippen LogP contribution in [0.1, 0.15) is 0 Å². The summed E-state index contributed by atoms with van der Waals surface area (Å²) in [5.41, 5.74) is 8.29. The summed E-state index contributed by atoms with van der Waals surface area (Å²) in [6, 6.07) is 7.15. The molecular weight excluding hydrogens is 576 g/mol. The van der Waals surface area contributed by atoms with Crippen LogP contribution < -0.4 is 11.1 Å². The van der Waals surface area contributed by atoms with Crippen LogP contribution in [-0.4, -0.2) is 32.7 Å². The van der Waals surface area contributed by atoms with Gasteiger partial charge in [-0.2, -0.15) is 0 Å². The van der Waals surface area contributed by atoms with Crippen LogP contribution in [0.15, 0.2) is 63.9 Å². The Morgan fingerprint density at radius 3 is 2.24 bits per heavy atom. The van der Waals surface area contributed by atoms with E-state index in [1.54, 1.807) is 42.4 Å². The molecule has 2 aromatic rings. The highest BCUT2D eigenvalue weighted by Crippen LogP contribution is 2.63. The molecule has 0 saturated carbocycles. The molecule has 5 heterocycles. The number of hydrogen-bond acceptors (Lipinski definition) is 10. The van der Waals surface area contributed by atoms with Crippen LogP contribution in [0.2, 0.25) is 0 Å². The molecular formula is C20H16Cl2N4OS6. The fourth-order valence-corrected chi connectivity index (χ4v) is 11.2. The number of rotatable bonds is 3. The number of amides is 1. The molecule has 5 nitrogen and oxygen atoms in total. The largest absolute Gasteiger partial charge is 0.397 e. The van der Waals surface area contributed by atoms with Gasteiger partial charge in [-0.15, -0.1) is 46.7 Å². The number of halogens is 2. The molecule has 0 aromatic carbocycles. The quantitative estimate of drug-likeness (QED) is 0.348. The minimum atomic E-state index is -0.152. The fraction of sp³-hybridized carbons (Fsp3) is 0.150. The Hall–Kier alpha value is -0.530. The predicted octanol–water partition coefficient (Wildman–Crippen LogP) is 7.62. The maximum Gasteiger partial charge on any atom is 0.263 e. The van der Waals surface area contributed by atoms with Crippen molar-refractivity contribution in [1.29, 1.82) is 0 Å². The van der Waals surface area contributed by atoms with E-state index in [4.69, 9.17) is 28.9 Å². The number of aromatic nitrogens is 2. The highest BCUT2D eigenvalue weighted by Gasteiger charge is 2.30. The molecule has 1 amide bonds. The van der Waals surface area contributed by atoms with Crippen LogP contribution in [-0.2, 0) is 4.79 Å². The van der Waals surface area contributed by atoms with Gasteiger partial charge in [-0.1, -0.05) is 47.0 Å². The number of carbonyl (C=O) groups is 1. The number of nitrogens with zero attached hydrogens (tertiary/aromatic N) is 2. The summed E-state index contributed by atoms with van der Waals surface area (Å²) in [5, 5.41) is 5.10. The Morgan fingerprint density at radius 2 is 1.58 bits per heavy atom. The van der Waals surface area contributed by atoms with Crippen molar-refractivity contribution in [2.24, 2.45) is 0 Å². The molecule has 0 unspecified atom stereocenters. The van der Waals surface area contributed by atoms with Gasteiger partial charge in [0, 0.05) is 23.9 Å². The number of hydrogen-bond donors (Lipinski definition) is 2. The van der Waals surface area contributed by atoms with Crippen molar-refractivity contribution >= 4 is 111 Å². The zero-order valence-electron chi connectivity index (χ0n) is 16.7. The smallest absolute Gasteiger partial charge is 0.263 e. The van der Waals surface area contributed by atoms with Crippen molar-refractivity contribution in [3.8, 4) is 11.4 Å². The van der Waals surface area contributed by atoms with E-state index in [2.05, 4.69) is 15.3 Å². The number of pyridine rings is 2. The van der Waals surface area contributed by atoms with Gasteiger partial charge < -0.3 is 11.1 Å². The van der Waals surface area contributed by atoms with E-state index in [0.717, 1.165) is 0 Å². The van der Waals surface area contributed by atoms with Crippen molar-refractivity contribution in [2.45, 2.75) is 0 Å². The van der Waals surface area contributed by atoms with Crippen molar-refractivity contribution in [3.05, 3.63) is 63.9 Å². The number of alkyl halides is 2. The number of carbonyl (C=O) groups excluding carboxylic acids is 1. The minimum absolute atomic E-state index is 0.152. The highest BCUT2D eigenvalue weighted by atomic mass is 35.5. The molecule has 0 bridgehead atoms. The van der Waals surface area contributed by atoms with Crippen LogP contribution in [0.4, 0.5) is 11.4 Å². The average molecular weight is 592 g/mol. The van der Waals surface area contributed by atoms with Gasteiger partial charge in [0.1, 0.15) is 11.4 Å². The second-order valence-electron chi connectivity index (χ2n) is 6.15. The molecule has 5 rings (SSSR count). The van der Waals surface area contributed by atoms with Gasteiger partial charge in [0.05, 0.1) is 38.6 Å². The lowest BCUT2D eigenvalue weighted by Gasteiger charge is -2.11. The molecule has 3 aliphatic heterocycles.